The van der Waals surface area contributed by atoms with Gasteiger partial charge in [-0.15, -0.1) is 0 Å². The third-order valence-electron chi connectivity index (χ3n) is 5.79. The van der Waals surface area contributed by atoms with Gasteiger partial charge in [-0.1, -0.05) is 37.8 Å². The van der Waals surface area contributed by atoms with Crippen LogP contribution in [0, 0.1) is 13.8 Å². The molecule has 132 valence electrons. The topological polar surface area (TPSA) is 35.6 Å². The second-order valence-corrected chi connectivity index (χ2v) is 7.35. The van der Waals surface area contributed by atoms with Gasteiger partial charge >= 0.3 is 6.03 Å². The Bertz CT molecular complexity index is 556. The predicted molar refractivity (Wildman–Crippen MR) is 99.6 cm³/mol. The number of hydrogen-bond donors (Lipinski definition) is 1. The zero-order valence-corrected chi connectivity index (χ0v) is 15.2. The van der Waals surface area contributed by atoms with Crippen LogP contribution < -0.4 is 5.32 Å². The minimum atomic E-state index is 0.0456. The second kappa shape index (κ2) is 8.02. The Kier molecular flexibility index (Phi) is 5.77. The lowest BCUT2D eigenvalue weighted by atomic mass is 10.1. The largest absolute Gasteiger partial charge is 0.322 e. The van der Waals surface area contributed by atoms with E-state index in [0.29, 0.717) is 0 Å². The summed E-state index contributed by atoms with van der Waals surface area (Å²) < 4.78 is 0. The molecule has 0 unspecified atom stereocenters. The van der Waals surface area contributed by atoms with Crippen LogP contribution in [0.5, 0.6) is 0 Å². The third-order valence-corrected chi connectivity index (χ3v) is 5.79. The predicted octanol–water partition coefficient (Wildman–Crippen LogP) is 4.18. The van der Waals surface area contributed by atoms with Crippen molar-refractivity contribution in [2.75, 3.05) is 31.5 Å². The first kappa shape index (κ1) is 17.3. The van der Waals surface area contributed by atoms with Crippen molar-refractivity contribution >= 4 is 11.7 Å². The summed E-state index contributed by atoms with van der Waals surface area (Å²) in [5.41, 5.74) is 3.31. The number of anilines is 1. The van der Waals surface area contributed by atoms with Crippen molar-refractivity contribution in [3.8, 4) is 0 Å². The number of benzene rings is 1. The molecule has 2 aliphatic rings. The van der Waals surface area contributed by atoms with E-state index in [0.717, 1.165) is 43.5 Å². The van der Waals surface area contributed by atoms with Gasteiger partial charge in [0.1, 0.15) is 0 Å². The Balaban J connectivity index is 1.52. The molecule has 2 amide bonds. The first-order valence-electron chi connectivity index (χ1n) is 9.51. The number of nitrogens with one attached hydrogen (secondary N) is 1. The first-order chi connectivity index (χ1) is 11.6. The maximum atomic E-state index is 12.6. The average molecular weight is 329 g/mol. The van der Waals surface area contributed by atoms with Crippen LogP contribution in [0.25, 0.3) is 0 Å². The van der Waals surface area contributed by atoms with Crippen molar-refractivity contribution in [1.29, 1.82) is 0 Å². The zero-order valence-electron chi connectivity index (χ0n) is 15.2. The number of carbonyl (C=O) groups is 1. The Morgan fingerprint density at radius 1 is 1.00 bits per heavy atom. The molecule has 1 aliphatic carbocycles. The zero-order chi connectivity index (χ0) is 16.9. The summed E-state index contributed by atoms with van der Waals surface area (Å²) in [4.78, 5) is 17.2. The SMILES string of the molecule is Cc1cccc(NC(=O)N2CCN(C3CCCCCC3)CC2)c1C. The quantitative estimate of drug-likeness (QED) is 0.826. The summed E-state index contributed by atoms with van der Waals surface area (Å²) in [6.07, 6.45) is 8.22. The van der Waals surface area contributed by atoms with E-state index < -0.39 is 0 Å². The summed E-state index contributed by atoms with van der Waals surface area (Å²) in [6, 6.07) is 6.86. The highest BCUT2D eigenvalue weighted by Gasteiger charge is 2.26. The Hall–Kier alpha value is -1.55. The monoisotopic (exact) mass is 329 g/mol. The molecule has 1 saturated heterocycles. The molecule has 1 heterocycles. The number of aryl methyl sites for hydroxylation is 1. The highest BCUT2D eigenvalue weighted by Crippen LogP contribution is 2.23. The van der Waals surface area contributed by atoms with E-state index in [1.807, 2.05) is 17.0 Å². The summed E-state index contributed by atoms with van der Waals surface area (Å²) in [5.74, 6) is 0. The van der Waals surface area contributed by atoms with E-state index in [1.54, 1.807) is 0 Å². The number of hydrogen-bond acceptors (Lipinski definition) is 2. The molecular formula is C20H31N3O. The van der Waals surface area contributed by atoms with Crippen LogP contribution in [0.2, 0.25) is 0 Å². The number of rotatable bonds is 2. The molecule has 24 heavy (non-hydrogen) atoms. The van der Waals surface area contributed by atoms with Crippen molar-refractivity contribution in [3.05, 3.63) is 29.3 Å². The second-order valence-electron chi connectivity index (χ2n) is 7.35. The fourth-order valence-electron chi connectivity index (χ4n) is 3.99. The minimum Gasteiger partial charge on any atom is -0.322 e. The number of amides is 2. The smallest absolute Gasteiger partial charge is 0.321 e. The molecular weight excluding hydrogens is 298 g/mol. The van der Waals surface area contributed by atoms with Gasteiger partial charge in [0.25, 0.3) is 0 Å². The number of urea groups is 1. The summed E-state index contributed by atoms with van der Waals surface area (Å²) in [7, 11) is 0. The molecule has 1 N–H and O–H groups in total. The van der Waals surface area contributed by atoms with Crippen LogP contribution in [0.4, 0.5) is 10.5 Å². The van der Waals surface area contributed by atoms with E-state index in [1.165, 1.54) is 44.1 Å². The minimum absolute atomic E-state index is 0.0456. The van der Waals surface area contributed by atoms with Crippen LogP contribution in [0.3, 0.4) is 0 Å². The molecule has 1 aromatic rings. The number of piperazine rings is 1. The van der Waals surface area contributed by atoms with Crippen LogP contribution in [0.15, 0.2) is 18.2 Å². The molecule has 1 saturated carbocycles. The standard InChI is InChI=1S/C20H31N3O/c1-16-8-7-11-19(17(16)2)21-20(24)23-14-12-22(13-15-23)18-9-5-3-4-6-10-18/h7-8,11,18H,3-6,9-10,12-15H2,1-2H3,(H,21,24). The molecule has 4 nitrogen and oxygen atoms in total. The van der Waals surface area contributed by atoms with Crippen molar-refractivity contribution in [2.24, 2.45) is 0 Å². The van der Waals surface area contributed by atoms with Gasteiger partial charge in [0.05, 0.1) is 0 Å². The molecule has 3 rings (SSSR count). The van der Waals surface area contributed by atoms with Crippen molar-refractivity contribution < 1.29 is 4.79 Å². The normalized spacial score (nSPS) is 20.7. The average Bonchev–Trinajstić information content (AvgIpc) is 2.88. The fourth-order valence-corrected chi connectivity index (χ4v) is 3.99. The van der Waals surface area contributed by atoms with Crippen LogP contribution in [-0.2, 0) is 0 Å². The van der Waals surface area contributed by atoms with Gasteiger partial charge in [-0.3, -0.25) is 4.90 Å². The highest BCUT2D eigenvalue weighted by molar-refractivity contribution is 5.90. The van der Waals surface area contributed by atoms with Gasteiger partial charge in [-0.2, -0.15) is 0 Å². The molecule has 1 aliphatic heterocycles. The Morgan fingerprint density at radius 3 is 2.33 bits per heavy atom. The Morgan fingerprint density at radius 2 is 1.67 bits per heavy atom. The lowest BCUT2D eigenvalue weighted by Crippen LogP contribution is -2.52. The maximum Gasteiger partial charge on any atom is 0.321 e. The molecule has 2 fully saturated rings. The molecule has 4 heteroatoms. The van der Waals surface area contributed by atoms with E-state index in [-0.39, 0.29) is 6.03 Å². The molecule has 0 atom stereocenters. The highest BCUT2D eigenvalue weighted by atomic mass is 16.2. The summed E-state index contributed by atoms with van der Waals surface area (Å²) in [5, 5.41) is 3.09. The van der Waals surface area contributed by atoms with Crippen molar-refractivity contribution in [3.63, 3.8) is 0 Å². The van der Waals surface area contributed by atoms with Crippen LogP contribution in [-0.4, -0.2) is 48.1 Å². The summed E-state index contributed by atoms with van der Waals surface area (Å²) in [6.45, 7) is 7.86. The van der Waals surface area contributed by atoms with E-state index in [2.05, 4.69) is 30.1 Å². The fraction of sp³-hybridized carbons (Fsp3) is 0.650. The Labute approximate surface area is 146 Å². The van der Waals surface area contributed by atoms with E-state index in [9.17, 15) is 4.79 Å². The number of nitrogens with zero attached hydrogens (tertiary/aromatic N) is 2. The molecule has 0 bridgehead atoms. The molecule has 1 aromatic carbocycles. The van der Waals surface area contributed by atoms with Gasteiger partial charge in [-0.25, -0.2) is 4.79 Å². The van der Waals surface area contributed by atoms with Crippen LogP contribution in [0.1, 0.15) is 49.7 Å². The van der Waals surface area contributed by atoms with E-state index in [4.69, 9.17) is 0 Å². The van der Waals surface area contributed by atoms with Crippen molar-refractivity contribution in [1.82, 2.24) is 9.80 Å². The third kappa shape index (κ3) is 4.10. The lowest BCUT2D eigenvalue weighted by molar-refractivity contribution is 0.105. The molecule has 0 spiro atoms. The summed E-state index contributed by atoms with van der Waals surface area (Å²) >= 11 is 0. The first-order valence-corrected chi connectivity index (χ1v) is 9.51. The van der Waals surface area contributed by atoms with Crippen LogP contribution >= 0.6 is 0 Å². The van der Waals surface area contributed by atoms with Gasteiger partial charge in [-0.05, 0) is 43.9 Å². The van der Waals surface area contributed by atoms with Gasteiger partial charge in [0, 0.05) is 37.9 Å². The van der Waals surface area contributed by atoms with Gasteiger partial charge in [0.2, 0.25) is 0 Å². The molecule has 0 radical (unpaired) electrons. The van der Waals surface area contributed by atoms with E-state index >= 15 is 0 Å². The molecule has 0 aromatic heterocycles. The number of carbonyl (C=O) groups excluding carboxylic acids is 1. The van der Waals surface area contributed by atoms with Crippen molar-refractivity contribution in [2.45, 2.75) is 58.4 Å². The van der Waals surface area contributed by atoms with Gasteiger partial charge < -0.3 is 10.2 Å². The lowest BCUT2D eigenvalue weighted by Gasteiger charge is -2.39. The van der Waals surface area contributed by atoms with Gasteiger partial charge in [0.15, 0.2) is 0 Å². The maximum absolute atomic E-state index is 12.6.